The maximum atomic E-state index is 12.3. The van der Waals surface area contributed by atoms with Crippen LogP contribution in [-0.4, -0.2) is 17.9 Å². The number of carbonyl (C=O) groups is 2. The van der Waals surface area contributed by atoms with Crippen molar-refractivity contribution in [1.82, 2.24) is 10.6 Å². The summed E-state index contributed by atoms with van der Waals surface area (Å²) < 4.78 is 0. The Morgan fingerprint density at radius 2 is 1.67 bits per heavy atom. The van der Waals surface area contributed by atoms with Crippen LogP contribution < -0.4 is 10.6 Å². The van der Waals surface area contributed by atoms with Crippen molar-refractivity contribution in [3.8, 4) is 0 Å². The molecular weight excluding hydrogens is 324 g/mol. The smallest absolute Gasteiger partial charge is 0.251 e. The van der Waals surface area contributed by atoms with E-state index in [2.05, 4.69) is 10.6 Å². The van der Waals surface area contributed by atoms with Crippen LogP contribution >= 0.6 is 11.6 Å². The van der Waals surface area contributed by atoms with E-state index in [1.807, 2.05) is 26.0 Å². The van der Waals surface area contributed by atoms with Gasteiger partial charge in [0, 0.05) is 28.7 Å². The average molecular weight is 345 g/mol. The summed E-state index contributed by atoms with van der Waals surface area (Å²) in [6.45, 7) is 4.35. The SMILES string of the molecule is CCC(C)NC(=O)c1cccc(C(=O)NCc2ccc(Cl)cc2)c1. The molecule has 0 aliphatic heterocycles. The Kier molecular flexibility index (Phi) is 6.38. The highest BCUT2D eigenvalue weighted by Crippen LogP contribution is 2.10. The molecule has 2 N–H and O–H groups in total. The van der Waals surface area contributed by atoms with E-state index < -0.39 is 0 Å². The van der Waals surface area contributed by atoms with E-state index >= 15 is 0 Å². The maximum Gasteiger partial charge on any atom is 0.251 e. The lowest BCUT2D eigenvalue weighted by Gasteiger charge is -2.12. The molecule has 126 valence electrons. The molecule has 0 saturated carbocycles. The first kappa shape index (κ1) is 18.0. The summed E-state index contributed by atoms with van der Waals surface area (Å²) in [7, 11) is 0. The van der Waals surface area contributed by atoms with Crippen molar-refractivity contribution in [2.45, 2.75) is 32.9 Å². The minimum absolute atomic E-state index is 0.0971. The monoisotopic (exact) mass is 344 g/mol. The summed E-state index contributed by atoms with van der Waals surface area (Å²) in [6.07, 6.45) is 0.854. The van der Waals surface area contributed by atoms with Crippen molar-refractivity contribution in [3.05, 3.63) is 70.2 Å². The Balaban J connectivity index is 2.00. The zero-order valence-corrected chi connectivity index (χ0v) is 14.6. The fourth-order valence-corrected chi connectivity index (χ4v) is 2.22. The lowest BCUT2D eigenvalue weighted by molar-refractivity contribution is 0.0939. The molecule has 5 heteroatoms. The largest absolute Gasteiger partial charge is 0.350 e. The topological polar surface area (TPSA) is 58.2 Å². The second-order valence-electron chi connectivity index (χ2n) is 5.67. The summed E-state index contributed by atoms with van der Waals surface area (Å²) >= 11 is 5.84. The van der Waals surface area contributed by atoms with Gasteiger partial charge in [0.15, 0.2) is 0 Å². The third-order valence-electron chi connectivity index (χ3n) is 3.74. The number of halogens is 1. The molecule has 0 spiro atoms. The number of nitrogens with one attached hydrogen (secondary N) is 2. The maximum absolute atomic E-state index is 12.3. The summed E-state index contributed by atoms with van der Waals surface area (Å²) in [5.41, 5.74) is 1.90. The average Bonchev–Trinajstić information content (AvgIpc) is 2.60. The van der Waals surface area contributed by atoms with Crippen molar-refractivity contribution in [2.24, 2.45) is 0 Å². The first-order valence-electron chi connectivity index (χ1n) is 7.93. The minimum atomic E-state index is -0.219. The molecule has 2 amide bonds. The predicted octanol–water partition coefficient (Wildman–Crippen LogP) is 3.80. The highest BCUT2D eigenvalue weighted by atomic mass is 35.5. The Morgan fingerprint density at radius 1 is 1.04 bits per heavy atom. The van der Waals surface area contributed by atoms with Crippen molar-refractivity contribution in [2.75, 3.05) is 0 Å². The van der Waals surface area contributed by atoms with Gasteiger partial charge in [-0.1, -0.05) is 36.7 Å². The van der Waals surface area contributed by atoms with Crippen LogP contribution in [0.5, 0.6) is 0 Å². The number of hydrogen-bond donors (Lipinski definition) is 2. The summed E-state index contributed by atoms with van der Waals surface area (Å²) in [5.74, 6) is -0.389. The number of hydrogen-bond acceptors (Lipinski definition) is 2. The van der Waals surface area contributed by atoms with Gasteiger partial charge in [0.25, 0.3) is 11.8 Å². The quantitative estimate of drug-likeness (QED) is 0.837. The van der Waals surface area contributed by atoms with E-state index in [1.165, 1.54) is 0 Å². The molecule has 0 aromatic heterocycles. The van der Waals surface area contributed by atoms with Crippen molar-refractivity contribution >= 4 is 23.4 Å². The van der Waals surface area contributed by atoms with Crippen LogP contribution in [0.4, 0.5) is 0 Å². The van der Waals surface area contributed by atoms with Crippen LogP contribution in [0, 0.1) is 0 Å². The van der Waals surface area contributed by atoms with Gasteiger partial charge in [-0.2, -0.15) is 0 Å². The van der Waals surface area contributed by atoms with E-state index in [4.69, 9.17) is 11.6 Å². The van der Waals surface area contributed by atoms with E-state index in [1.54, 1.807) is 36.4 Å². The van der Waals surface area contributed by atoms with E-state index in [0.29, 0.717) is 22.7 Å². The van der Waals surface area contributed by atoms with Crippen LogP contribution in [0.25, 0.3) is 0 Å². The van der Waals surface area contributed by atoms with Gasteiger partial charge in [-0.05, 0) is 49.2 Å². The molecule has 1 atom stereocenters. The standard InChI is InChI=1S/C19H21ClN2O2/c1-3-13(2)22-19(24)16-6-4-5-15(11-16)18(23)21-12-14-7-9-17(20)10-8-14/h4-11,13H,3,12H2,1-2H3,(H,21,23)(H,22,24). The molecule has 0 aliphatic rings. The molecule has 0 fully saturated rings. The number of rotatable bonds is 6. The van der Waals surface area contributed by atoms with Crippen molar-refractivity contribution in [3.63, 3.8) is 0 Å². The Hall–Kier alpha value is -2.33. The van der Waals surface area contributed by atoms with E-state index in [0.717, 1.165) is 12.0 Å². The van der Waals surface area contributed by atoms with Gasteiger partial charge in [0.05, 0.1) is 0 Å². The number of carbonyl (C=O) groups excluding carboxylic acids is 2. The van der Waals surface area contributed by atoms with E-state index in [9.17, 15) is 9.59 Å². The van der Waals surface area contributed by atoms with Gasteiger partial charge >= 0.3 is 0 Å². The molecule has 2 aromatic carbocycles. The van der Waals surface area contributed by atoms with E-state index in [-0.39, 0.29) is 17.9 Å². The molecule has 4 nitrogen and oxygen atoms in total. The van der Waals surface area contributed by atoms with Crippen LogP contribution in [0.15, 0.2) is 48.5 Å². The minimum Gasteiger partial charge on any atom is -0.350 e. The first-order chi connectivity index (χ1) is 11.5. The zero-order chi connectivity index (χ0) is 17.5. The fraction of sp³-hybridized carbons (Fsp3) is 0.263. The van der Waals surface area contributed by atoms with Crippen LogP contribution in [0.2, 0.25) is 5.02 Å². The zero-order valence-electron chi connectivity index (χ0n) is 13.8. The van der Waals surface area contributed by atoms with Crippen LogP contribution in [0.3, 0.4) is 0 Å². The second kappa shape index (κ2) is 8.50. The molecule has 0 heterocycles. The van der Waals surface area contributed by atoms with Gasteiger partial charge < -0.3 is 10.6 Å². The fourth-order valence-electron chi connectivity index (χ4n) is 2.10. The van der Waals surface area contributed by atoms with Crippen LogP contribution in [0.1, 0.15) is 46.5 Å². The van der Waals surface area contributed by atoms with Crippen LogP contribution in [-0.2, 0) is 6.54 Å². The van der Waals surface area contributed by atoms with Crippen molar-refractivity contribution in [1.29, 1.82) is 0 Å². The van der Waals surface area contributed by atoms with Gasteiger partial charge in [-0.15, -0.1) is 0 Å². The number of amides is 2. The third-order valence-corrected chi connectivity index (χ3v) is 4.00. The Labute approximate surface area is 147 Å². The first-order valence-corrected chi connectivity index (χ1v) is 8.31. The van der Waals surface area contributed by atoms with Gasteiger partial charge in [0.2, 0.25) is 0 Å². The number of benzene rings is 2. The molecule has 0 saturated heterocycles. The molecule has 2 aromatic rings. The predicted molar refractivity (Wildman–Crippen MR) is 96.3 cm³/mol. The highest BCUT2D eigenvalue weighted by molar-refractivity contribution is 6.30. The second-order valence-corrected chi connectivity index (χ2v) is 6.11. The lowest BCUT2D eigenvalue weighted by Crippen LogP contribution is -2.32. The summed E-state index contributed by atoms with van der Waals surface area (Å²) in [5, 5.41) is 6.39. The Bertz CT molecular complexity index is 714. The highest BCUT2D eigenvalue weighted by Gasteiger charge is 2.12. The molecule has 1 unspecified atom stereocenters. The van der Waals surface area contributed by atoms with Gasteiger partial charge in [-0.3, -0.25) is 9.59 Å². The summed E-state index contributed by atoms with van der Waals surface area (Å²) in [4.78, 5) is 24.4. The molecule has 0 radical (unpaired) electrons. The molecule has 0 aliphatic carbocycles. The molecular formula is C19H21ClN2O2. The van der Waals surface area contributed by atoms with Gasteiger partial charge in [-0.25, -0.2) is 0 Å². The molecule has 2 rings (SSSR count). The third kappa shape index (κ3) is 5.10. The van der Waals surface area contributed by atoms with Crippen molar-refractivity contribution < 1.29 is 9.59 Å². The summed E-state index contributed by atoms with van der Waals surface area (Å²) in [6, 6.07) is 14.1. The normalized spacial score (nSPS) is 11.6. The molecule has 0 bridgehead atoms. The van der Waals surface area contributed by atoms with Gasteiger partial charge in [0.1, 0.15) is 0 Å². The molecule has 24 heavy (non-hydrogen) atoms. The Morgan fingerprint density at radius 3 is 2.29 bits per heavy atom. The lowest BCUT2D eigenvalue weighted by atomic mass is 10.1.